The van der Waals surface area contributed by atoms with Crippen LogP contribution in [0.15, 0.2) is 0 Å². The fourth-order valence-electron chi connectivity index (χ4n) is 12.9. The molecule has 97 heavy (non-hydrogen) atoms. The van der Waals surface area contributed by atoms with Crippen LogP contribution in [0.4, 0.5) is 0 Å². The highest BCUT2D eigenvalue weighted by molar-refractivity contribution is 7.47. The number of esters is 3. The third-order valence-corrected chi connectivity index (χ3v) is 20.1. The molecule has 11 N–H and O–H groups in total. The molecular formula is C72H135O24P. The number of carbonyl (C=O) groups is 3. The maximum Gasteiger partial charge on any atom is 0.472 e. The van der Waals surface area contributed by atoms with Crippen LogP contribution in [0.2, 0.25) is 0 Å². The van der Waals surface area contributed by atoms with Gasteiger partial charge < -0.3 is 89.1 Å². The van der Waals surface area contributed by atoms with Crippen LogP contribution in [0.1, 0.15) is 310 Å². The number of phosphoric acid groups is 1. The van der Waals surface area contributed by atoms with Gasteiger partial charge in [0.1, 0.15) is 98.7 Å². The van der Waals surface area contributed by atoms with Crippen molar-refractivity contribution in [2.24, 2.45) is 0 Å². The molecule has 0 amide bonds. The lowest BCUT2D eigenvalue weighted by Gasteiger charge is -2.49. The lowest BCUT2D eigenvalue weighted by Crippen LogP contribution is -2.69. The Morgan fingerprint density at radius 1 is 0.361 bits per heavy atom. The van der Waals surface area contributed by atoms with Crippen molar-refractivity contribution in [2.75, 3.05) is 26.4 Å². The highest BCUT2D eigenvalue weighted by atomic mass is 31.2. The first-order valence-electron chi connectivity index (χ1n) is 38.3. The largest absolute Gasteiger partial charge is 0.472 e. The van der Waals surface area contributed by atoms with Gasteiger partial charge in [0.15, 0.2) is 18.7 Å². The van der Waals surface area contributed by atoms with Gasteiger partial charge in [-0.2, -0.15) is 0 Å². The normalized spacial score (nSPS) is 27.7. The molecule has 1 saturated carbocycles. The lowest BCUT2D eigenvalue weighted by atomic mass is 9.84. The number of phosphoric ester groups is 1. The first-order chi connectivity index (χ1) is 46.8. The Morgan fingerprint density at radius 2 is 0.660 bits per heavy atom. The summed E-state index contributed by atoms with van der Waals surface area (Å²) in [6.45, 7) is 3.47. The zero-order valence-electron chi connectivity index (χ0n) is 59.6. The van der Waals surface area contributed by atoms with E-state index in [0.717, 1.165) is 89.9 Å². The maximum absolute atomic E-state index is 14.3. The third kappa shape index (κ3) is 37.8. The second-order valence-corrected chi connectivity index (χ2v) is 29.1. The number of hydrogen-bond acceptors (Lipinski definition) is 23. The molecule has 25 heteroatoms. The van der Waals surface area contributed by atoms with E-state index in [-0.39, 0.29) is 19.3 Å². The van der Waals surface area contributed by atoms with Crippen molar-refractivity contribution in [3.8, 4) is 0 Å². The Balaban J connectivity index is 1.72. The van der Waals surface area contributed by atoms with Gasteiger partial charge in [0.2, 0.25) is 0 Å². The molecule has 2 saturated heterocycles. The average molecular weight is 1420 g/mol. The van der Waals surface area contributed by atoms with Gasteiger partial charge in [-0.15, -0.1) is 0 Å². The van der Waals surface area contributed by atoms with Crippen LogP contribution in [0.3, 0.4) is 0 Å². The van der Waals surface area contributed by atoms with E-state index in [0.29, 0.717) is 19.3 Å². The number of hydrogen-bond donors (Lipinski definition) is 11. The fraction of sp³-hybridized carbons (Fsp3) is 0.958. The van der Waals surface area contributed by atoms with Crippen molar-refractivity contribution in [3.63, 3.8) is 0 Å². The van der Waals surface area contributed by atoms with Crippen LogP contribution in [-0.4, -0.2) is 204 Å². The molecule has 2 heterocycles. The molecule has 0 bridgehead atoms. The molecular weight excluding hydrogens is 1280 g/mol. The summed E-state index contributed by atoms with van der Waals surface area (Å²) in [5, 5.41) is 110. The number of unbranched alkanes of at least 4 members (excludes halogenated alkanes) is 39. The van der Waals surface area contributed by atoms with Gasteiger partial charge in [0.25, 0.3) is 0 Å². The standard InChI is InChI=1S/C72H135O24P/c1-4-7-10-13-16-19-22-25-26-27-30-32-34-37-40-43-46-56(74)88-50-53(91-58(76)48-45-42-39-36-33-29-24-21-18-15-12-9-6-3)51-90-97(86,87)96-70-68(94-71-66(84)61(79)59(77)54(49-73)92-71)64(82)63(81)65(83)69(70)95-72-67(85)62(80)60(78)55(93-72)52-89-57(75)47-44-41-38-35-31-28-23-20-17-14-11-8-5-2/h53-55,59-73,77-85H,4-52H2,1-3H3,(H,86,87). The van der Waals surface area contributed by atoms with E-state index >= 15 is 0 Å². The number of rotatable bonds is 60. The van der Waals surface area contributed by atoms with Crippen LogP contribution >= 0.6 is 7.82 Å². The van der Waals surface area contributed by atoms with Crippen LogP contribution in [0.5, 0.6) is 0 Å². The van der Waals surface area contributed by atoms with E-state index in [1.54, 1.807) is 0 Å². The van der Waals surface area contributed by atoms with Gasteiger partial charge in [-0.1, -0.05) is 271 Å². The first-order valence-corrected chi connectivity index (χ1v) is 39.8. The molecule has 24 nitrogen and oxygen atoms in total. The molecule has 3 aliphatic rings. The molecule has 18 unspecified atom stereocenters. The minimum absolute atomic E-state index is 0.0333. The quantitative estimate of drug-likeness (QED) is 0.0117. The summed E-state index contributed by atoms with van der Waals surface area (Å²) in [4.78, 5) is 51.0. The van der Waals surface area contributed by atoms with Crippen molar-refractivity contribution in [3.05, 3.63) is 0 Å². The second-order valence-electron chi connectivity index (χ2n) is 27.7. The molecule has 0 radical (unpaired) electrons. The predicted molar refractivity (Wildman–Crippen MR) is 365 cm³/mol. The third-order valence-electron chi connectivity index (χ3n) is 19.1. The summed E-state index contributed by atoms with van der Waals surface area (Å²) in [5.74, 6) is -1.97. The number of aliphatic hydroxyl groups is 10. The number of carbonyl (C=O) groups excluding carboxylic acids is 3. The second kappa shape index (κ2) is 54.6. The van der Waals surface area contributed by atoms with Gasteiger partial charge in [0, 0.05) is 19.3 Å². The van der Waals surface area contributed by atoms with E-state index in [9.17, 15) is 74.9 Å². The molecule has 0 aromatic carbocycles. The van der Waals surface area contributed by atoms with Crippen molar-refractivity contribution in [1.82, 2.24) is 0 Å². The van der Waals surface area contributed by atoms with E-state index in [1.807, 2.05) is 0 Å². The van der Waals surface area contributed by atoms with Crippen LogP contribution < -0.4 is 0 Å². The molecule has 0 spiro atoms. The average Bonchev–Trinajstić information content (AvgIpc) is 0.763. The molecule has 0 aromatic heterocycles. The monoisotopic (exact) mass is 1410 g/mol. The van der Waals surface area contributed by atoms with Crippen molar-refractivity contribution < 1.29 is 117 Å². The van der Waals surface area contributed by atoms with Gasteiger partial charge >= 0.3 is 25.7 Å². The minimum Gasteiger partial charge on any atom is -0.463 e. The van der Waals surface area contributed by atoms with Gasteiger partial charge in [-0.05, 0) is 19.3 Å². The number of aliphatic hydroxyl groups excluding tert-OH is 10. The van der Waals surface area contributed by atoms with E-state index in [1.165, 1.54) is 161 Å². The summed E-state index contributed by atoms with van der Waals surface area (Å²) in [6.07, 6.45) is 11.6. The zero-order valence-corrected chi connectivity index (χ0v) is 60.5. The SMILES string of the molecule is CCCCCCCCCCCCCCCCCCC(=O)OCC(COP(=O)(O)OC1C(OC2OC(CO)C(O)C(O)C2O)C(O)C(O)C(O)C1OC1OC(COC(=O)CCCCCCCCCCCCCCC)C(O)C(O)C1O)OC(=O)CCCCCCCCCCCCCCC. The Kier molecular flexibility index (Phi) is 50.2. The minimum atomic E-state index is -5.69. The topological polar surface area (TPSA) is 374 Å². The Labute approximate surface area is 580 Å². The lowest BCUT2D eigenvalue weighted by molar-refractivity contribution is -0.360. The first kappa shape index (κ1) is 89.2. The van der Waals surface area contributed by atoms with Crippen molar-refractivity contribution >= 4 is 25.7 Å². The Bertz CT molecular complexity index is 2010. The highest BCUT2D eigenvalue weighted by Gasteiger charge is 2.58. The smallest absolute Gasteiger partial charge is 0.463 e. The van der Waals surface area contributed by atoms with E-state index in [4.69, 9.17) is 42.2 Å². The summed E-state index contributed by atoms with van der Waals surface area (Å²) in [5.41, 5.74) is 0. The molecule has 18 atom stereocenters. The van der Waals surface area contributed by atoms with Gasteiger partial charge in [0.05, 0.1) is 13.2 Å². The van der Waals surface area contributed by atoms with E-state index in [2.05, 4.69) is 20.8 Å². The summed E-state index contributed by atoms with van der Waals surface area (Å²) in [6, 6.07) is 0. The highest BCUT2D eigenvalue weighted by Crippen LogP contribution is 2.49. The zero-order chi connectivity index (χ0) is 71.1. The van der Waals surface area contributed by atoms with Crippen LogP contribution in [0, 0.1) is 0 Å². The molecule has 3 rings (SSSR count). The Hall–Kier alpha value is -2.04. The van der Waals surface area contributed by atoms with E-state index < -0.39 is 156 Å². The summed E-state index contributed by atoms with van der Waals surface area (Å²) >= 11 is 0. The molecule has 1 aliphatic carbocycles. The maximum atomic E-state index is 14.3. The van der Waals surface area contributed by atoms with Crippen LogP contribution in [-0.2, 0) is 61.2 Å². The summed E-state index contributed by atoms with van der Waals surface area (Å²) in [7, 11) is -5.69. The molecule has 572 valence electrons. The predicted octanol–water partition coefficient (Wildman–Crippen LogP) is 10.6. The number of ether oxygens (including phenoxy) is 7. The van der Waals surface area contributed by atoms with Crippen molar-refractivity contribution in [1.29, 1.82) is 0 Å². The van der Waals surface area contributed by atoms with Gasteiger partial charge in [-0.25, -0.2) is 4.57 Å². The molecule has 3 fully saturated rings. The van der Waals surface area contributed by atoms with Crippen LogP contribution in [0.25, 0.3) is 0 Å². The molecule has 2 aliphatic heterocycles. The fourth-order valence-corrected chi connectivity index (χ4v) is 13.8. The Morgan fingerprint density at radius 3 is 1.01 bits per heavy atom. The van der Waals surface area contributed by atoms with Crippen molar-refractivity contribution in [2.45, 2.75) is 414 Å². The molecule has 0 aromatic rings. The summed E-state index contributed by atoms with van der Waals surface area (Å²) < 4.78 is 65.0. The van der Waals surface area contributed by atoms with Gasteiger partial charge in [-0.3, -0.25) is 23.4 Å².